The molecule has 2 aromatic rings. The van der Waals surface area contributed by atoms with Crippen LogP contribution in [0.4, 0.5) is 8.78 Å². The highest BCUT2D eigenvalue weighted by atomic mass is 19.3. The minimum absolute atomic E-state index is 0.166. The Labute approximate surface area is 143 Å². The van der Waals surface area contributed by atoms with Crippen molar-refractivity contribution >= 4 is 5.91 Å². The Kier molecular flexibility index (Phi) is 3.82. The van der Waals surface area contributed by atoms with Crippen molar-refractivity contribution in [1.29, 1.82) is 0 Å². The fraction of sp³-hybridized carbons (Fsp3) is 0.562. The van der Waals surface area contributed by atoms with Crippen LogP contribution in [0.5, 0.6) is 0 Å². The zero-order valence-corrected chi connectivity index (χ0v) is 13.9. The molecule has 0 spiro atoms. The highest BCUT2D eigenvalue weighted by Gasteiger charge is 2.46. The third-order valence-electron chi connectivity index (χ3n) is 4.62. The Morgan fingerprint density at radius 2 is 2.24 bits per heavy atom. The molecular weight excluding hydrogens is 332 g/mol. The van der Waals surface area contributed by atoms with E-state index >= 15 is 0 Å². The first-order chi connectivity index (χ1) is 11.9. The fourth-order valence-electron chi connectivity index (χ4n) is 3.48. The van der Waals surface area contributed by atoms with Crippen molar-refractivity contribution in [3.63, 3.8) is 0 Å². The van der Waals surface area contributed by atoms with Gasteiger partial charge in [0.15, 0.2) is 0 Å². The van der Waals surface area contributed by atoms with Gasteiger partial charge in [0.05, 0.1) is 36.9 Å². The Morgan fingerprint density at radius 3 is 2.92 bits per heavy atom. The van der Waals surface area contributed by atoms with E-state index in [4.69, 9.17) is 4.52 Å². The van der Waals surface area contributed by atoms with E-state index in [0.29, 0.717) is 19.6 Å². The number of carbonyl (C=O) groups excluding carboxylic acids is 1. The van der Waals surface area contributed by atoms with Gasteiger partial charge in [-0.15, -0.1) is 0 Å². The van der Waals surface area contributed by atoms with Gasteiger partial charge in [0, 0.05) is 31.9 Å². The molecule has 25 heavy (non-hydrogen) atoms. The number of hydrogen-bond donors (Lipinski definition) is 0. The van der Waals surface area contributed by atoms with Crippen LogP contribution >= 0.6 is 0 Å². The summed E-state index contributed by atoms with van der Waals surface area (Å²) >= 11 is 0. The number of halogens is 2. The summed E-state index contributed by atoms with van der Waals surface area (Å²) in [6.07, 6.45) is 1.87. The third kappa shape index (κ3) is 3.28. The molecule has 1 atom stereocenters. The first kappa shape index (κ1) is 16.2. The Bertz CT molecular complexity index is 779. The number of likely N-dealkylation sites (tertiary alicyclic amines) is 1. The molecule has 0 N–H and O–H groups in total. The molecule has 0 unspecified atom stereocenters. The van der Waals surface area contributed by atoms with Gasteiger partial charge < -0.3 is 9.42 Å². The van der Waals surface area contributed by atoms with Crippen LogP contribution < -0.4 is 0 Å². The Balaban J connectivity index is 1.44. The van der Waals surface area contributed by atoms with Crippen molar-refractivity contribution in [2.75, 3.05) is 19.6 Å². The van der Waals surface area contributed by atoms with Crippen LogP contribution in [0.25, 0.3) is 0 Å². The fourth-order valence-corrected chi connectivity index (χ4v) is 3.48. The number of rotatable bonds is 4. The molecule has 0 bridgehead atoms. The van der Waals surface area contributed by atoms with E-state index in [1.807, 2.05) is 23.7 Å². The van der Waals surface area contributed by atoms with Gasteiger partial charge in [-0.2, -0.15) is 5.10 Å². The molecule has 4 heterocycles. The topological polar surface area (TPSA) is 67.4 Å². The van der Waals surface area contributed by atoms with Crippen molar-refractivity contribution in [2.45, 2.75) is 38.4 Å². The monoisotopic (exact) mass is 351 g/mol. The number of carbonyl (C=O) groups is 1. The summed E-state index contributed by atoms with van der Waals surface area (Å²) in [7, 11) is 0. The van der Waals surface area contributed by atoms with Gasteiger partial charge >= 0.3 is 0 Å². The lowest BCUT2D eigenvalue weighted by Crippen LogP contribution is -2.58. The molecule has 2 aromatic heterocycles. The first-order valence-electron chi connectivity index (χ1n) is 8.22. The second-order valence-corrected chi connectivity index (χ2v) is 6.83. The Morgan fingerprint density at radius 1 is 1.44 bits per heavy atom. The predicted octanol–water partition coefficient (Wildman–Crippen LogP) is 1.60. The van der Waals surface area contributed by atoms with Crippen molar-refractivity contribution in [3.05, 3.63) is 35.5 Å². The van der Waals surface area contributed by atoms with Crippen LogP contribution in [-0.4, -0.2) is 56.2 Å². The molecule has 2 aliphatic heterocycles. The number of hydrogen-bond acceptors (Lipinski definition) is 5. The molecule has 0 radical (unpaired) electrons. The maximum atomic E-state index is 13.0. The van der Waals surface area contributed by atoms with Crippen LogP contribution in [0.1, 0.15) is 29.6 Å². The standard InChI is InChI=1S/C16H19F2N5O2/c1-11-4-12(20-25-11)6-21-7-13-2-3-19-23(13)14(8-21)5-15(24)22-9-16(17,18)10-22/h2-4,14H,5-10H2,1H3/t14-/m0/s1. The molecule has 1 saturated heterocycles. The molecule has 0 aromatic carbocycles. The van der Waals surface area contributed by atoms with E-state index in [1.54, 1.807) is 6.20 Å². The second kappa shape index (κ2) is 5.91. The van der Waals surface area contributed by atoms with Gasteiger partial charge in [0.2, 0.25) is 5.91 Å². The molecule has 1 fully saturated rings. The summed E-state index contributed by atoms with van der Waals surface area (Å²) in [5.41, 5.74) is 1.83. The molecule has 0 saturated carbocycles. The van der Waals surface area contributed by atoms with Crippen LogP contribution in [0.3, 0.4) is 0 Å². The van der Waals surface area contributed by atoms with E-state index in [1.165, 1.54) is 4.90 Å². The van der Waals surface area contributed by atoms with Gasteiger partial charge in [-0.1, -0.05) is 5.16 Å². The molecule has 7 nitrogen and oxygen atoms in total. The van der Waals surface area contributed by atoms with Gasteiger partial charge in [-0.3, -0.25) is 14.4 Å². The van der Waals surface area contributed by atoms with Crippen LogP contribution in [0.15, 0.2) is 22.9 Å². The molecular formula is C16H19F2N5O2. The van der Waals surface area contributed by atoms with Crippen molar-refractivity contribution in [1.82, 2.24) is 24.7 Å². The third-order valence-corrected chi connectivity index (χ3v) is 4.62. The van der Waals surface area contributed by atoms with Gasteiger partial charge in [-0.25, -0.2) is 8.78 Å². The average Bonchev–Trinajstić information content (AvgIpc) is 3.13. The number of nitrogens with zero attached hydrogens (tertiary/aromatic N) is 5. The lowest BCUT2D eigenvalue weighted by Gasteiger charge is -2.40. The second-order valence-electron chi connectivity index (χ2n) is 6.83. The number of amides is 1. The Hall–Kier alpha value is -2.29. The average molecular weight is 351 g/mol. The van der Waals surface area contributed by atoms with Crippen molar-refractivity contribution in [3.8, 4) is 0 Å². The van der Waals surface area contributed by atoms with E-state index < -0.39 is 19.0 Å². The zero-order valence-electron chi connectivity index (χ0n) is 13.9. The maximum Gasteiger partial charge on any atom is 0.282 e. The quantitative estimate of drug-likeness (QED) is 0.837. The van der Waals surface area contributed by atoms with Crippen LogP contribution in [-0.2, 0) is 17.9 Å². The lowest BCUT2D eigenvalue weighted by atomic mass is 10.1. The predicted molar refractivity (Wildman–Crippen MR) is 82.8 cm³/mol. The van der Waals surface area contributed by atoms with Gasteiger partial charge in [0.25, 0.3) is 5.92 Å². The van der Waals surface area contributed by atoms with E-state index in [2.05, 4.69) is 15.2 Å². The first-order valence-corrected chi connectivity index (χ1v) is 8.22. The van der Waals surface area contributed by atoms with E-state index in [0.717, 1.165) is 17.1 Å². The highest BCUT2D eigenvalue weighted by molar-refractivity contribution is 5.77. The summed E-state index contributed by atoms with van der Waals surface area (Å²) in [6.45, 7) is 2.79. The number of fused-ring (bicyclic) bond motifs is 1. The summed E-state index contributed by atoms with van der Waals surface area (Å²) < 4.78 is 32.9. The smallest absolute Gasteiger partial charge is 0.282 e. The van der Waals surface area contributed by atoms with Gasteiger partial charge in [0.1, 0.15) is 5.76 Å². The summed E-state index contributed by atoms with van der Waals surface area (Å²) in [5.74, 6) is -2.24. The number of alkyl halides is 2. The van der Waals surface area contributed by atoms with Crippen LogP contribution in [0, 0.1) is 6.92 Å². The molecule has 0 aliphatic carbocycles. The summed E-state index contributed by atoms with van der Waals surface area (Å²) in [4.78, 5) is 15.7. The molecule has 1 amide bonds. The SMILES string of the molecule is Cc1cc(CN2Cc3ccnn3[C@@H](CC(=O)N3CC(F)(F)C3)C2)no1. The molecule has 134 valence electrons. The molecule has 4 rings (SSSR count). The van der Waals surface area contributed by atoms with Crippen molar-refractivity contribution < 1.29 is 18.1 Å². The van der Waals surface area contributed by atoms with E-state index in [-0.39, 0.29) is 18.4 Å². The number of aryl methyl sites for hydroxylation is 1. The maximum absolute atomic E-state index is 13.0. The van der Waals surface area contributed by atoms with E-state index in [9.17, 15) is 13.6 Å². The lowest BCUT2D eigenvalue weighted by molar-refractivity contribution is -0.166. The zero-order chi connectivity index (χ0) is 17.6. The van der Waals surface area contributed by atoms with Gasteiger partial charge in [-0.05, 0) is 13.0 Å². The number of aromatic nitrogens is 3. The molecule has 2 aliphatic rings. The largest absolute Gasteiger partial charge is 0.361 e. The normalized spacial score (nSPS) is 22.5. The highest BCUT2D eigenvalue weighted by Crippen LogP contribution is 2.30. The summed E-state index contributed by atoms with van der Waals surface area (Å²) in [5, 5.41) is 8.31. The van der Waals surface area contributed by atoms with Crippen molar-refractivity contribution in [2.24, 2.45) is 0 Å². The minimum atomic E-state index is -2.74. The molecule has 9 heteroatoms. The summed E-state index contributed by atoms with van der Waals surface area (Å²) in [6, 6.07) is 3.62. The minimum Gasteiger partial charge on any atom is -0.361 e. The van der Waals surface area contributed by atoms with Crippen LogP contribution in [0.2, 0.25) is 0 Å².